The molecule has 0 radical (unpaired) electrons. The summed E-state index contributed by atoms with van der Waals surface area (Å²) in [4.78, 5) is 54.4. The van der Waals surface area contributed by atoms with Crippen molar-refractivity contribution in [2.75, 3.05) is 10.2 Å². The summed E-state index contributed by atoms with van der Waals surface area (Å²) in [5, 5.41) is 6.74. The summed E-state index contributed by atoms with van der Waals surface area (Å²) in [6.45, 7) is -0.498. The Morgan fingerprint density at radius 2 is 1.61 bits per heavy atom. The Morgan fingerprint density at radius 3 is 2.24 bits per heavy atom. The molecule has 2 aliphatic rings. The number of imide groups is 1. The molecule has 3 N–H and O–H groups in total. The van der Waals surface area contributed by atoms with Gasteiger partial charge in [-0.25, -0.2) is 18.5 Å². The maximum Gasteiger partial charge on any atom is 0.418 e. The topological polar surface area (TPSA) is 149 Å². The first kappa shape index (κ1) is 32.2. The number of thiazole rings is 1. The van der Waals surface area contributed by atoms with Crippen molar-refractivity contribution in [3.8, 4) is 0 Å². The average molecular weight is 754 g/mol. The number of nitrogens with two attached hydrogens (primary N) is 1. The van der Waals surface area contributed by atoms with Crippen molar-refractivity contribution in [1.29, 1.82) is 0 Å². The van der Waals surface area contributed by atoms with Gasteiger partial charge in [0.15, 0.2) is 0 Å². The van der Waals surface area contributed by atoms with Crippen LogP contribution in [0.1, 0.15) is 21.9 Å². The number of rotatable bonds is 6. The van der Waals surface area contributed by atoms with E-state index in [1.807, 2.05) is 0 Å². The molecule has 3 heterocycles. The number of carbonyl (C=O) groups excluding carboxylic acids is 3. The number of primary sulfonamides is 1. The van der Waals surface area contributed by atoms with E-state index in [4.69, 9.17) is 5.14 Å². The predicted octanol–water partition coefficient (Wildman–Crippen LogP) is 4.77. The maximum absolute atomic E-state index is 14.0. The summed E-state index contributed by atoms with van der Waals surface area (Å²) in [5.41, 5.74) is -0.936. The van der Waals surface area contributed by atoms with Crippen LogP contribution in [-0.2, 0) is 37.1 Å². The third kappa shape index (κ3) is 5.81. The molecule has 1 saturated heterocycles. The standard InChI is InChI=1S/C29H20BrF3N4O6S3/c30-15-7-5-14(6-8-15)21-22-23(26(40)37(25(22)39)19-4-2-1-3-18(19)29(31,32)33)44-27-24(21)45-28(41)36(27)13-20(38)35-16-9-11-17(12-10-16)46(34,42)43/h1-12,21-23H,13H2,(H,35,38)(H2,34,42,43)/t21-,22?,23?/m1/s1. The summed E-state index contributed by atoms with van der Waals surface area (Å²) in [6.07, 6.45) is -4.84. The summed E-state index contributed by atoms with van der Waals surface area (Å²) < 4.78 is 66.8. The molecule has 46 heavy (non-hydrogen) atoms. The van der Waals surface area contributed by atoms with Gasteiger partial charge >= 0.3 is 11.0 Å². The molecule has 238 valence electrons. The van der Waals surface area contributed by atoms with Gasteiger partial charge in [0.2, 0.25) is 27.7 Å². The number of amides is 3. The normalized spacial score (nSPS) is 19.6. The molecule has 3 aromatic carbocycles. The number of alkyl halides is 3. The fourth-order valence-corrected chi connectivity index (χ4v) is 9.06. The van der Waals surface area contributed by atoms with Crippen LogP contribution in [0.3, 0.4) is 0 Å². The van der Waals surface area contributed by atoms with Crippen LogP contribution in [0.25, 0.3) is 0 Å². The Kier molecular flexibility index (Phi) is 8.25. The lowest BCUT2D eigenvalue weighted by molar-refractivity contribution is -0.137. The number of benzene rings is 3. The monoisotopic (exact) mass is 752 g/mol. The summed E-state index contributed by atoms with van der Waals surface area (Å²) >= 11 is 5.01. The summed E-state index contributed by atoms with van der Waals surface area (Å²) in [7, 11) is -3.96. The van der Waals surface area contributed by atoms with E-state index in [9.17, 15) is 40.8 Å². The highest BCUT2D eigenvalue weighted by molar-refractivity contribution is 9.10. The molecule has 0 saturated carbocycles. The Hall–Kier alpha value is -3.77. The second-order valence-electron chi connectivity index (χ2n) is 10.4. The Bertz CT molecular complexity index is 2070. The number of para-hydroxylation sites is 1. The Labute approximate surface area is 275 Å². The van der Waals surface area contributed by atoms with Crippen molar-refractivity contribution in [2.45, 2.75) is 33.8 Å². The van der Waals surface area contributed by atoms with E-state index >= 15 is 0 Å². The highest BCUT2D eigenvalue weighted by atomic mass is 79.9. The van der Waals surface area contributed by atoms with E-state index in [0.717, 1.165) is 39.8 Å². The van der Waals surface area contributed by atoms with Gasteiger partial charge in [-0.2, -0.15) is 13.2 Å². The number of hydrogen-bond donors (Lipinski definition) is 2. The molecule has 0 aliphatic carbocycles. The zero-order valence-electron chi connectivity index (χ0n) is 23.0. The average Bonchev–Trinajstić information content (AvgIpc) is 3.43. The molecule has 3 atom stereocenters. The molecule has 2 unspecified atom stereocenters. The minimum Gasteiger partial charge on any atom is -0.325 e. The lowest BCUT2D eigenvalue weighted by Crippen LogP contribution is -2.33. The molecule has 17 heteroatoms. The number of nitrogens with one attached hydrogen (secondary N) is 1. The summed E-state index contributed by atoms with van der Waals surface area (Å²) in [5.74, 6) is -4.35. The number of carbonyl (C=O) groups is 3. The van der Waals surface area contributed by atoms with Crippen LogP contribution in [0.15, 0.2) is 92.0 Å². The number of halogens is 4. The minimum absolute atomic E-state index is 0.166. The van der Waals surface area contributed by atoms with Crippen molar-refractivity contribution in [3.63, 3.8) is 0 Å². The fraction of sp³-hybridized carbons (Fsp3) is 0.172. The lowest BCUT2D eigenvalue weighted by Gasteiger charge is -2.30. The molecule has 2 aliphatic heterocycles. The van der Waals surface area contributed by atoms with Crippen molar-refractivity contribution in [1.82, 2.24) is 4.57 Å². The highest BCUT2D eigenvalue weighted by Gasteiger charge is 2.57. The van der Waals surface area contributed by atoms with Crippen molar-refractivity contribution in [2.24, 2.45) is 11.1 Å². The maximum atomic E-state index is 14.0. The molecule has 6 rings (SSSR count). The molecule has 0 spiro atoms. The quantitative estimate of drug-likeness (QED) is 0.270. The second kappa shape index (κ2) is 11.8. The van der Waals surface area contributed by atoms with Gasteiger partial charge in [-0.1, -0.05) is 63.3 Å². The van der Waals surface area contributed by atoms with Gasteiger partial charge in [0.1, 0.15) is 11.8 Å². The third-order valence-electron chi connectivity index (χ3n) is 7.50. The van der Waals surface area contributed by atoms with Gasteiger partial charge in [0, 0.05) is 21.0 Å². The summed E-state index contributed by atoms with van der Waals surface area (Å²) in [6, 6.07) is 16.2. The van der Waals surface area contributed by atoms with Gasteiger partial charge in [-0.05, 0) is 54.1 Å². The number of thioether (sulfide) groups is 1. The van der Waals surface area contributed by atoms with Crippen LogP contribution in [0.5, 0.6) is 0 Å². The number of hydrogen-bond acceptors (Lipinski definition) is 8. The smallest absolute Gasteiger partial charge is 0.325 e. The van der Waals surface area contributed by atoms with E-state index in [1.165, 1.54) is 36.4 Å². The molecule has 1 fully saturated rings. The number of aromatic nitrogens is 1. The van der Waals surface area contributed by atoms with Crippen LogP contribution < -0.4 is 20.2 Å². The lowest BCUT2D eigenvalue weighted by atomic mass is 9.83. The van der Waals surface area contributed by atoms with E-state index in [-0.39, 0.29) is 15.6 Å². The van der Waals surface area contributed by atoms with Gasteiger partial charge in [0.05, 0.1) is 27.1 Å². The number of nitrogens with zero attached hydrogens (tertiary/aromatic N) is 2. The van der Waals surface area contributed by atoms with Gasteiger partial charge in [-0.15, -0.1) is 0 Å². The van der Waals surface area contributed by atoms with Crippen molar-refractivity contribution >= 4 is 78.1 Å². The molecular weight excluding hydrogens is 733 g/mol. The SMILES string of the molecule is NS(=O)(=O)c1ccc(NC(=O)Cn2c3c(sc2=O)[C@H](c2ccc(Br)cc2)C2C(=O)N(c4ccccc4C(F)(F)F)C(=O)C2S3)cc1. The number of fused-ring (bicyclic) bond motifs is 2. The van der Waals surface area contributed by atoms with Gasteiger partial charge in [0.25, 0.3) is 0 Å². The largest absolute Gasteiger partial charge is 0.418 e. The molecular formula is C29H20BrF3N4O6S3. The van der Waals surface area contributed by atoms with Crippen LogP contribution in [0.4, 0.5) is 24.5 Å². The first-order chi connectivity index (χ1) is 21.6. The molecule has 3 amide bonds. The zero-order chi connectivity index (χ0) is 33.1. The first-order valence-corrected chi connectivity index (χ1v) is 17.3. The third-order valence-corrected chi connectivity index (χ3v) is 11.6. The van der Waals surface area contributed by atoms with E-state index in [2.05, 4.69) is 21.2 Å². The van der Waals surface area contributed by atoms with Crippen LogP contribution in [0.2, 0.25) is 0 Å². The molecule has 0 bridgehead atoms. The minimum atomic E-state index is -4.84. The van der Waals surface area contributed by atoms with Crippen LogP contribution in [-0.4, -0.2) is 36.0 Å². The van der Waals surface area contributed by atoms with Gasteiger partial charge < -0.3 is 5.32 Å². The van der Waals surface area contributed by atoms with E-state index in [1.54, 1.807) is 24.3 Å². The molecule has 4 aromatic rings. The number of sulfonamides is 1. The Morgan fingerprint density at radius 1 is 0.957 bits per heavy atom. The first-order valence-electron chi connectivity index (χ1n) is 13.3. The van der Waals surface area contributed by atoms with Crippen LogP contribution in [0, 0.1) is 5.92 Å². The number of anilines is 2. The van der Waals surface area contributed by atoms with Crippen LogP contribution >= 0.6 is 39.0 Å². The van der Waals surface area contributed by atoms with E-state index < -0.39 is 73.7 Å². The second-order valence-corrected chi connectivity index (χ2v) is 15.0. The molecule has 1 aromatic heterocycles. The fourth-order valence-electron chi connectivity index (χ4n) is 5.50. The van der Waals surface area contributed by atoms with E-state index in [0.29, 0.717) is 19.8 Å². The highest BCUT2D eigenvalue weighted by Crippen LogP contribution is 2.54. The zero-order valence-corrected chi connectivity index (χ0v) is 27.1. The molecule has 10 nitrogen and oxygen atoms in total. The van der Waals surface area contributed by atoms with Crippen molar-refractivity contribution < 1.29 is 36.0 Å². The van der Waals surface area contributed by atoms with Gasteiger partial charge in [-0.3, -0.25) is 23.7 Å². The van der Waals surface area contributed by atoms with Crippen molar-refractivity contribution in [3.05, 3.63) is 103 Å². The Balaban J connectivity index is 1.39. The predicted molar refractivity (Wildman–Crippen MR) is 168 cm³/mol.